The van der Waals surface area contributed by atoms with Crippen LogP contribution in [0.1, 0.15) is 11.1 Å². The van der Waals surface area contributed by atoms with Crippen LogP contribution in [0.3, 0.4) is 0 Å². The Morgan fingerprint density at radius 2 is 1.70 bits per heavy atom. The summed E-state index contributed by atoms with van der Waals surface area (Å²) in [6, 6.07) is 13.5. The first kappa shape index (κ1) is 15.8. The molecule has 0 unspecified atom stereocenters. The second-order valence-corrected chi connectivity index (χ2v) is 5.93. The third kappa shape index (κ3) is 3.31. The first-order chi connectivity index (χ1) is 11.1. The van der Waals surface area contributed by atoms with E-state index in [4.69, 9.17) is 28.9 Å². The monoisotopic (exact) mass is 346 g/mol. The lowest BCUT2D eigenvalue weighted by Crippen LogP contribution is -2.01. The van der Waals surface area contributed by atoms with Gasteiger partial charge in [-0.15, -0.1) is 0 Å². The minimum absolute atomic E-state index is 0.326. The van der Waals surface area contributed by atoms with Gasteiger partial charge in [-0.1, -0.05) is 41.4 Å². The highest BCUT2D eigenvalue weighted by atomic mass is 35.5. The van der Waals surface area contributed by atoms with Gasteiger partial charge in [0.1, 0.15) is 11.6 Å². The molecule has 116 valence electrons. The summed E-state index contributed by atoms with van der Waals surface area (Å²) in [4.78, 5) is 4.12. The standard InChI is InChI=1S/C18H13Cl2FN2/c19-15-5-2-6-16(20)14(15)10-12-7-8-23-18(22)17(12)11-3-1-4-13(21)9-11/h1-9H,10H2,(H2,22,23). The van der Waals surface area contributed by atoms with Gasteiger partial charge in [0.2, 0.25) is 0 Å². The normalized spacial score (nSPS) is 10.7. The summed E-state index contributed by atoms with van der Waals surface area (Å²) < 4.78 is 13.6. The van der Waals surface area contributed by atoms with Gasteiger partial charge in [-0.2, -0.15) is 0 Å². The predicted molar refractivity (Wildman–Crippen MR) is 93.3 cm³/mol. The van der Waals surface area contributed by atoms with Crippen molar-refractivity contribution in [3.05, 3.63) is 81.7 Å². The van der Waals surface area contributed by atoms with Crippen LogP contribution in [0.25, 0.3) is 11.1 Å². The van der Waals surface area contributed by atoms with E-state index >= 15 is 0 Å². The number of rotatable bonds is 3. The summed E-state index contributed by atoms with van der Waals surface area (Å²) in [7, 11) is 0. The lowest BCUT2D eigenvalue weighted by atomic mass is 9.95. The van der Waals surface area contributed by atoms with Crippen LogP contribution in [0.5, 0.6) is 0 Å². The molecule has 2 aromatic carbocycles. The lowest BCUT2D eigenvalue weighted by Gasteiger charge is -2.14. The zero-order chi connectivity index (χ0) is 16.4. The third-order valence-electron chi connectivity index (χ3n) is 3.61. The molecule has 0 saturated heterocycles. The molecule has 0 aliphatic heterocycles. The number of hydrogen-bond donors (Lipinski definition) is 1. The van der Waals surface area contributed by atoms with Crippen molar-refractivity contribution in [2.24, 2.45) is 0 Å². The maximum Gasteiger partial charge on any atom is 0.131 e. The summed E-state index contributed by atoms with van der Waals surface area (Å²) in [5.41, 5.74) is 9.10. The largest absolute Gasteiger partial charge is 0.383 e. The van der Waals surface area contributed by atoms with Crippen LogP contribution in [-0.4, -0.2) is 4.98 Å². The molecular weight excluding hydrogens is 334 g/mol. The van der Waals surface area contributed by atoms with Crippen molar-refractivity contribution in [2.45, 2.75) is 6.42 Å². The van der Waals surface area contributed by atoms with Crippen molar-refractivity contribution >= 4 is 29.0 Å². The Hall–Kier alpha value is -2.10. The average molecular weight is 347 g/mol. The molecule has 0 radical (unpaired) electrons. The van der Waals surface area contributed by atoms with Crippen LogP contribution in [-0.2, 0) is 6.42 Å². The number of pyridine rings is 1. The number of anilines is 1. The highest BCUT2D eigenvalue weighted by Crippen LogP contribution is 2.33. The minimum atomic E-state index is -0.326. The van der Waals surface area contributed by atoms with Crippen LogP contribution in [0.2, 0.25) is 10.0 Å². The summed E-state index contributed by atoms with van der Waals surface area (Å²) in [5.74, 6) is 0.0174. The second kappa shape index (κ2) is 6.57. The fourth-order valence-electron chi connectivity index (χ4n) is 2.54. The first-order valence-corrected chi connectivity index (χ1v) is 7.74. The van der Waals surface area contributed by atoms with Crippen LogP contribution >= 0.6 is 23.2 Å². The molecule has 0 spiro atoms. The van der Waals surface area contributed by atoms with Crippen LogP contribution in [0, 0.1) is 5.82 Å². The SMILES string of the molecule is Nc1nccc(Cc2c(Cl)cccc2Cl)c1-c1cccc(F)c1. The number of nitrogen functional groups attached to an aromatic ring is 1. The maximum atomic E-state index is 13.6. The van der Waals surface area contributed by atoms with Gasteiger partial charge in [0.15, 0.2) is 0 Å². The van der Waals surface area contributed by atoms with Gasteiger partial charge < -0.3 is 5.73 Å². The molecule has 2 nitrogen and oxygen atoms in total. The highest BCUT2D eigenvalue weighted by Gasteiger charge is 2.14. The molecule has 2 N–H and O–H groups in total. The number of aromatic nitrogens is 1. The Morgan fingerprint density at radius 3 is 2.39 bits per heavy atom. The van der Waals surface area contributed by atoms with E-state index in [9.17, 15) is 4.39 Å². The van der Waals surface area contributed by atoms with E-state index < -0.39 is 0 Å². The molecule has 1 aromatic heterocycles. The van der Waals surface area contributed by atoms with Crippen molar-refractivity contribution < 1.29 is 4.39 Å². The number of nitrogens with zero attached hydrogens (tertiary/aromatic N) is 1. The van der Waals surface area contributed by atoms with Gasteiger partial charge in [-0.3, -0.25) is 0 Å². The Kier molecular flexibility index (Phi) is 4.51. The molecule has 0 amide bonds. The number of halogens is 3. The Bertz CT molecular complexity index is 845. The summed E-state index contributed by atoms with van der Waals surface area (Å²) in [6.45, 7) is 0. The van der Waals surface area contributed by atoms with Crippen molar-refractivity contribution in [1.29, 1.82) is 0 Å². The summed E-state index contributed by atoms with van der Waals surface area (Å²) in [5, 5.41) is 1.16. The van der Waals surface area contributed by atoms with Crippen molar-refractivity contribution in [3.8, 4) is 11.1 Å². The molecule has 1 heterocycles. The van der Waals surface area contributed by atoms with Crippen LogP contribution in [0.4, 0.5) is 10.2 Å². The lowest BCUT2D eigenvalue weighted by molar-refractivity contribution is 0.628. The van der Waals surface area contributed by atoms with Crippen molar-refractivity contribution in [3.63, 3.8) is 0 Å². The molecule has 0 bridgehead atoms. The van der Waals surface area contributed by atoms with Crippen molar-refractivity contribution in [1.82, 2.24) is 4.98 Å². The number of benzene rings is 2. The van der Waals surface area contributed by atoms with E-state index in [0.29, 0.717) is 33.4 Å². The molecule has 5 heteroatoms. The molecule has 0 fully saturated rings. The highest BCUT2D eigenvalue weighted by molar-refractivity contribution is 6.36. The number of nitrogens with two attached hydrogens (primary N) is 1. The molecule has 0 saturated carbocycles. The zero-order valence-electron chi connectivity index (χ0n) is 12.1. The van der Waals surface area contributed by atoms with Gasteiger partial charge in [-0.05, 0) is 47.0 Å². The molecule has 3 aromatic rings. The molecule has 3 rings (SSSR count). The smallest absolute Gasteiger partial charge is 0.131 e. The molecule has 0 aliphatic carbocycles. The van der Waals surface area contributed by atoms with E-state index in [1.807, 2.05) is 6.07 Å². The minimum Gasteiger partial charge on any atom is -0.383 e. The molecule has 0 aliphatic rings. The molecule has 0 atom stereocenters. The summed E-state index contributed by atoms with van der Waals surface area (Å²) in [6.07, 6.45) is 2.11. The van der Waals surface area contributed by atoms with E-state index in [2.05, 4.69) is 4.98 Å². The third-order valence-corrected chi connectivity index (χ3v) is 4.32. The first-order valence-electron chi connectivity index (χ1n) is 6.98. The van der Waals surface area contributed by atoms with Gasteiger partial charge in [-0.25, -0.2) is 9.37 Å². The van der Waals surface area contributed by atoms with E-state index in [1.54, 1.807) is 36.5 Å². The maximum absolute atomic E-state index is 13.6. The van der Waals surface area contributed by atoms with Crippen LogP contribution in [0.15, 0.2) is 54.7 Å². The van der Waals surface area contributed by atoms with Crippen molar-refractivity contribution in [2.75, 3.05) is 5.73 Å². The predicted octanol–water partition coefficient (Wildman–Crippen LogP) is 5.37. The van der Waals surface area contributed by atoms with Gasteiger partial charge in [0, 0.05) is 28.2 Å². The van der Waals surface area contributed by atoms with Gasteiger partial charge >= 0.3 is 0 Å². The summed E-state index contributed by atoms with van der Waals surface area (Å²) >= 11 is 12.5. The average Bonchev–Trinajstić information content (AvgIpc) is 2.51. The van der Waals surface area contributed by atoms with E-state index in [0.717, 1.165) is 11.1 Å². The topological polar surface area (TPSA) is 38.9 Å². The van der Waals surface area contributed by atoms with Crippen LogP contribution < -0.4 is 5.73 Å². The van der Waals surface area contributed by atoms with E-state index in [1.165, 1.54) is 12.1 Å². The Morgan fingerprint density at radius 1 is 1.00 bits per heavy atom. The fourth-order valence-corrected chi connectivity index (χ4v) is 3.07. The Labute approximate surface area is 143 Å². The molecular formula is C18H13Cl2FN2. The second-order valence-electron chi connectivity index (χ2n) is 5.12. The molecule has 23 heavy (non-hydrogen) atoms. The van der Waals surface area contributed by atoms with Gasteiger partial charge in [0.25, 0.3) is 0 Å². The van der Waals surface area contributed by atoms with Gasteiger partial charge in [0.05, 0.1) is 0 Å². The Balaban J connectivity index is 2.12. The number of hydrogen-bond acceptors (Lipinski definition) is 2. The zero-order valence-corrected chi connectivity index (χ0v) is 13.6. The quantitative estimate of drug-likeness (QED) is 0.692. The fraction of sp³-hybridized carbons (Fsp3) is 0.0556. The van der Waals surface area contributed by atoms with E-state index in [-0.39, 0.29) is 5.82 Å².